The summed E-state index contributed by atoms with van der Waals surface area (Å²) in [7, 11) is 0. The number of aromatic nitrogens is 1. The molecule has 0 saturated carbocycles. The highest BCUT2D eigenvalue weighted by molar-refractivity contribution is 5.95. The van der Waals surface area contributed by atoms with Crippen LogP contribution in [0.2, 0.25) is 0 Å². The summed E-state index contributed by atoms with van der Waals surface area (Å²) in [6.45, 7) is 2.71. The van der Waals surface area contributed by atoms with E-state index in [9.17, 15) is 9.90 Å². The van der Waals surface area contributed by atoms with Gasteiger partial charge in [0.2, 0.25) is 0 Å². The Morgan fingerprint density at radius 3 is 2.89 bits per heavy atom. The number of carbonyl (C=O) groups is 1. The molecule has 0 bridgehead atoms. The van der Waals surface area contributed by atoms with E-state index in [1.165, 1.54) is 0 Å². The summed E-state index contributed by atoms with van der Waals surface area (Å²) in [5.74, 6) is 0.751. The normalized spacial score (nSPS) is 17.3. The van der Waals surface area contributed by atoms with Crippen LogP contribution in [0.5, 0.6) is 11.5 Å². The number of aryl methyl sites for hydroxylation is 1. The van der Waals surface area contributed by atoms with Gasteiger partial charge in [-0.05, 0) is 48.9 Å². The molecule has 1 aromatic heterocycles. The number of hydrogen-bond acceptors (Lipinski definition) is 5. The lowest BCUT2D eigenvalue weighted by atomic mass is 10.1. The maximum Gasteiger partial charge on any atom is 0.253 e. The van der Waals surface area contributed by atoms with Gasteiger partial charge in [0.1, 0.15) is 36.3 Å². The molecule has 1 amide bonds. The Morgan fingerprint density at radius 1 is 1.26 bits per heavy atom. The average Bonchev–Trinajstić information content (AvgIpc) is 2.68. The molecule has 6 heteroatoms. The molecule has 4 rings (SSSR count). The molecule has 1 aliphatic heterocycles. The first-order valence-electron chi connectivity index (χ1n) is 8.79. The van der Waals surface area contributed by atoms with E-state index >= 15 is 0 Å². The molecule has 27 heavy (non-hydrogen) atoms. The third kappa shape index (κ3) is 3.71. The second-order valence-electron chi connectivity index (χ2n) is 6.61. The van der Waals surface area contributed by atoms with Crippen LogP contribution in [0.4, 0.5) is 5.69 Å². The number of rotatable bonds is 4. The fraction of sp³-hybridized carbons (Fsp3) is 0.238. The summed E-state index contributed by atoms with van der Waals surface area (Å²) in [6, 6.07) is 14.5. The standard InChI is InChI=1S/C21H20N2O4/c1-14-9-15-3-2-4-19(21(15)22-10-14)27-12-18-11-23(20(25)13-26-18)16-5-7-17(24)8-6-16/h2-10,18,24H,11-13H2,1H3. The third-order valence-electron chi connectivity index (χ3n) is 4.53. The van der Waals surface area contributed by atoms with Gasteiger partial charge in [0.15, 0.2) is 0 Å². The van der Waals surface area contributed by atoms with Gasteiger partial charge in [0.05, 0.1) is 6.54 Å². The van der Waals surface area contributed by atoms with Gasteiger partial charge in [-0.3, -0.25) is 9.78 Å². The highest BCUT2D eigenvalue weighted by atomic mass is 16.5. The zero-order valence-electron chi connectivity index (χ0n) is 15.0. The van der Waals surface area contributed by atoms with E-state index in [0.29, 0.717) is 18.9 Å². The Bertz CT molecular complexity index is 972. The quantitative estimate of drug-likeness (QED) is 0.770. The fourth-order valence-corrected chi connectivity index (χ4v) is 3.15. The number of phenols is 1. The molecule has 3 aromatic rings. The van der Waals surface area contributed by atoms with Crippen LogP contribution in [0, 0.1) is 6.92 Å². The predicted molar refractivity (Wildman–Crippen MR) is 102 cm³/mol. The molecule has 0 aliphatic carbocycles. The molecule has 1 saturated heterocycles. The number of aromatic hydroxyl groups is 1. The monoisotopic (exact) mass is 364 g/mol. The summed E-state index contributed by atoms with van der Waals surface area (Å²) in [5, 5.41) is 10.5. The van der Waals surface area contributed by atoms with Crippen molar-refractivity contribution in [2.45, 2.75) is 13.0 Å². The van der Waals surface area contributed by atoms with E-state index in [0.717, 1.165) is 22.2 Å². The first-order valence-corrected chi connectivity index (χ1v) is 8.79. The number of carbonyl (C=O) groups excluding carboxylic acids is 1. The van der Waals surface area contributed by atoms with Crippen LogP contribution >= 0.6 is 0 Å². The van der Waals surface area contributed by atoms with Crippen LogP contribution < -0.4 is 9.64 Å². The topological polar surface area (TPSA) is 71.9 Å². The van der Waals surface area contributed by atoms with Crippen molar-refractivity contribution in [3.8, 4) is 11.5 Å². The van der Waals surface area contributed by atoms with E-state index in [1.54, 1.807) is 29.2 Å². The first-order chi connectivity index (χ1) is 13.1. The molecule has 2 aromatic carbocycles. The number of fused-ring (bicyclic) bond motifs is 1. The minimum absolute atomic E-state index is 0.00187. The summed E-state index contributed by atoms with van der Waals surface area (Å²) < 4.78 is 11.6. The molecule has 0 radical (unpaired) electrons. The smallest absolute Gasteiger partial charge is 0.253 e. The molecule has 138 valence electrons. The van der Waals surface area contributed by atoms with Crippen LogP contribution in [0.1, 0.15) is 5.56 Å². The molecule has 1 fully saturated rings. The van der Waals surface area contributed by atoms with Crippen LogP contribution in [0.25, 0.3) is 10.9 Å². The van der Waals surface area contributed by atoms with Crippen molar-refractivity contribution < 1.29 is 19.4 Å². The molecule has 1 unspecified atom stereocenters. The lowest BCUT2D eigenvalue weighted by Crippen LogP contribution is -2.48. The zero-order valence-corrected chi connectivity index (χ0v) is 15.0. The van der Waals surface area contributed by atoms with Crippen LogP contribution in [0.3, 0.4) is 0 Å². The van der Waals surface area contributed by atoms with Crippen molar-refractivity contribution in [3.05, 3.63) is 60.3 Å². The van der Waals surface area contributed by atoms with E-state index < -0.39 is 0 Å². The molecule has 2 heterocycles. The molecular weight excluding hydrogens is 344 g/mol. The number of para-hydroxylation sites is 1. The van der Waals surface area contributed by atoms with E-state index in [4.69, 9.17) is 9.47 Å². The third-order valence-corrected chi connectivity index (χ3v) is 4.53. The minimum atomic E-state index is -0.253. The number of amides is 1. The number of morpholine rings is 1. The predicted octanol–water partition coefficient (Wildman–Crippen LogP) is 3.06. The van der Waals surface area contributed by atoms with E-state index in [-0.39, 0.29) is 24.4 Å². The number of ether oxygens (including phenoxy) is 2. The zero-order chi connectivity index (χ0) is 18.8. The second-order valence-corrected chi connectivity index (χ2v) is 6.61. The highest BCUT2D eigenvalue weighted by Gasteiger charge is 2.28. The number of anilines is 1. The Hall–Kier alpha value is -3.12. The summed E-state index contributed by atoms with van der Waals surface area (Å²) in [5.41, 5.74) is 2.64. The summed E-state index contributed by atoms with van der Waals surface area (Å²) in [6.07, 6.45) is 1.56. The number of pyridine rings is 1. The molecule has 1 N–H and O–H groups in total. The fourth-order valence-electron chi connectivity index (χ4n) is 3.15. The Balaban J connectivity index is 1.47. The Morgan fingerprint density at radius 2 is 2.07 bits per heavy atom. The lowest BCUT2D eigenvalue weighted by Gasteiger charge is -2.32. The van der Waals surface area contributed by atoms with Crippen molar-refractivity contribution in [3.63, 3.8) is 0 Å². The van der Waals surface area contributed by atoms with Gasteiger partial charge >= 0.3 is 0 Å². The molecule has 6 nitrogen and oxygen atoms in total. The Labute approximate surface area is 157 Å². The van der Waals surface area contributed by atoms with Crippen LogP contribution in [-0.4, -0.2) is 41.9 Å². The van der Waals surface area contributed by atoms with Gasteiger partial charge in [0.25, 0.3) is 5.91 Å². The lowest BCUT2D eigenvalue weighted by molar-refractivity contribution is -0.130. The van der Waals surface area contributed by atoms with Crippen LogP contribution in [0.15, 0.2) is 54.7 Å². The maximum absolute atomic E-state index is 12.2. The SMILES string of the molecule is Cc1cnc2c(OCC3CN(c4ccc(O)cc4)C(=O)CO3)cccc2c1. The van der Waals surface area contributed by atoms with Crippen molar-refractivity contribution >= 4 is 22.5 Å². The number of hydrogen-bond donors (Lipinski definition) is 1. The largest absolute Gasteiger partial charge is 0.508 e. The van der Waals surface area contributed by atoms with Crippen molar-refractivity contribution in [1.82, 2.24) is 4.98 Å². The van der Waals surface area contributed by atoms with Gasteiger partial charge in [0, 0.05) is 17.3 Å². The molecular formula is C21H20N2O4. The van der Waals surface area contributed by atoms with Gasteiger partial charge in [-0.15, -0.1) is 0 Å². The van der Waals surface area contributed by atoms with Gasteiger partial charge in [-0.1, -0.05) is 12.1 Å². The molecule has 1 atom stereocenters. The minimum Gasteiger partial charge on any atom is -0.508 e. The van der Waals surface area contributed by atoms with Crippen molar-refractivity contribution in [2.24, 2.45) is 0 Å². The summed E-state index contributed by atoms with van der Waals surface area (Å²) >= 11 is 0. The summed E-state index contributed by atoms with van der Waals surface area (Å²) in [4.78, 5) is 18.3. The van der Waals surface area contributed by atoms with Crippen molar-refractivity contribution in [2.75, 3.05) is 24.7 Å². The van der Waals surface area contributed by atoms with Gasteiger partial charge in [-0.25, -0.2) is 0 Å². The number of nitrogens with zero attached hydrogens (tertiary/aromatic N) is 2. The Kier molecular flexibility index (Phi) is 4.64. The molecule has 1 aliphatic rings. The number of phenolic OH excluding ortho intramolecular Hbond substituents is 1. The maximum atomic E-state index is 12.2. The number of benzene rings is 2. The van der Waals surface area contributed by atoms with Gasteiger partial charge in [-0.2, -0.15) is 0 Å². The average molecular weight is 364 g/mol. The van der Waals surface area contributed by atoms with E-state index in [2.05, 4.69) is 11.1 Å². The highest BCUT2D eigenvalue weighted by Crippen LogP contribution is 2.25. The molecule has 0 spiro atoms. The second kappa shape index (κ2) is 7.25. The van der Waals surface area contributed by atoms with Gasteiger partial charge < -0.3 is 19.5 Å². The first kappa shape index (κ1) is 17.3. The van der Waals surface area contributed by atoms with Crippen LogP contribution in [-0.2, 0) is 9.53 Å². The van der Waals surface area contributed by atoms with Crippen molar-refractivity contribution in [1.29, 1.82) is 0 Å². The van der Waals surface area contributed by atoms with E-state index in [1.807, 2.05) is 31.3 Å².